The molecule has 0 nitrogen and oxygen atoms in total. The van der Waals surface area contributed by atoms with Gasteiger partial charge in [-0.2, -0.15) is 0 Å². The highest BCUT2D eigenvalue weighted by molar-refractivity contribution is 7.60. The SMILES string of the molecule is Cp1c2ccccc2c2cccc(-c3cccc4c(-c5ccc(-c6ccccc6)cc5)c5cccc(-c6cccc7c8ccccc8p(C)c67)c5cc34)c21. The Morgan fingerprint density at radius 2 is 0.667 bits per heavy atom. The van der Waals surface area contributed by atoms with Crippen LogP contribution in [-0.4, -0.2) is 0 Å². The largest absolute Gasteiger partial charge is 0.111 e. The summed E-state index contributed by atoms with van der Waals surface area (Å²) in [6, 6.07) is 68.5. The molecule has 2 heterocycles. The molecular weight excluding hydrogens is 687 g/mol. The van der Waals surface area contributed by atoms with Crippen LogP contribution in [0.15, 0.2) is 182 Å². The summed E-state index contributed by atoms with van der Waals surface area (Å²) in [5, 5.41) is 16.7. The van der Waals surface area contributed by atoms with Crippen molar-refractivity contribution in [3.63, 3.8) is 0 Å². The van der Waals surface area contributed by atoms with Gasteiger partial charge in [0, 0.05) is 20.5 Å². The van der Waals surface area contributed by atoms with Crippen LogP contribution in [0.3, 0.4) is 0 Å². The maximum atomic E-state index is 2.52. The van der Waals surface area contributed by atoms with Crippen LogP contribution in [0, 0.1) is 0 Å². The van der Waals surface area contributed by atoms with Crippen LogP contribution in [0.2, 0.25) is 0 Å². The van der Waals surface area contributed by atoms with Crippen LogP contribution in [0.4, 0.5) is 0 Å². The third-order valence-electron chi connectivity index (χ3n) is 11.8. The molecule has 2 unspecified atom stereocenters. The summed E-state index contributed by atoms with van der Waals surface area (Å²) < 4.78 is 0. The lowest BCUT2D eigenvalue weighted by Gasteiger charge is -2.18. The van der Waals surface area contributed by atoms with E-state index in [9.17, 15) is 0 Å². The Labute approximate surface area is 317 Å². The van der Waals surface area contributed by atoms with Gasteiger partial charge in [0.15, 0.2) is 0 Å². The van der Waals surface area contributed by atoms with Crippen molar-refractivity contribution in [2.45, 2.75) is 0 Å². The minimum absolute atomic E-state index is 0.480. The molecular formula is C52H36P2. The van der Waals surface area contributed by atoms with Crippen LogP contribution in [0.5, 0.6) is 0 Å². The second-order valence-electron chi connectivity index (χ2n) is 14.6. The topological polar surface area (TPSA) is 0 Å². The highest BCUT2D eigenvalue weighted by Gasteiger charge is 2.20. The minimum Gasteiger partial charge on any atom is -0.111 e. The number of hydrogen-bond donors (Lipinski definition) is 0. The van der Waals surface area contributed by atoms with E-state index in [1.54, 1.807) is 0 Å². The van der Waals surface area contributed by atoms with Gasteiger partial charge in [-0.15, -0.1) is 15.1 Å². The Hall–Kier alpha value is -5.90. The summed E-state index contributed by atoms with van der Waals surface area (Å²) >= 11 is 0. The molecule has 0 aliphatic rings. The molecule has 2 heteroatoms. The van der Waals surface area contributed by atoms with E-state index < -0.39 is 15.1 Å². The van der Waals surface area contributed by atoms with E-state index in [-0.39, 0.29) is 0 Å². The Morgan fingerprint density at radius 1 is 0.278 bits per heavy atom. The van der Waals surface area contributed by atoms with Crippen LogP contribution in [0.25, 0.3) is 108 Å². The predicted octanol–water partition coefficient (Wildman–Crippen LogP) is 16.3. The number of rotatable bonds is 4. The Morgan fingerprint density at radius 3 is 1.19 bits per heavy atom. The molecule has 0 saturated heterocycles. The maximum absolute atomic E-state index is 2.52. The third-order valence-corrected chi connectivity index (χ3v) is 16.3. The monoisotopic (exact) mass is 722 g/mol. The second-order valence-corrected chi connectivity index (χ2v) is 18.6. The molecule has 0 spiro atoms. The van der Waals surface area contributed by atoms with Crippen LogP contribution in [-0.2, 0) is 13.3 Å². The van der Waals surface area contributed by atoms with Gasteiger partial charge < -0.3 is 0 Å². The average Bonchev–Trinajstić information content (AvgIpc) is 3.70. The molecule has 2 aromatic heterocycles. The molecule has 0 aliphatic heterocycles. The summed E-state index contributed by atoms with van der Waals surface area (Å²) in [4.78, 5) is 0. The van der Waals surface area contributed by atoms with Crippen molar-refractivity contribution in [1.82, 2.24) is 0 Å². The number of aryl methyl sites for hydroxylation is 2. The number of hydrogen-bond acceptors (Lipinski definition) is 0. The average molecular weight is 723 g/mol. The molecule has 0 saturated carbocycles. The normalized spacial score (nSPS) is 12.6. The zero-order valence-corrected chi connectivity index (χ0v) is 32.0. The third kappa shape index (κ3) is 4.64. The summed E-state index contributed by atoms with van der Waals surface area (Å²) in [7, 11) is -0.960. The fourth-order valence-electron chi connectivity index (χ4n) is 9.32. The van der Waals surface area contributed by atoms with Crippen LogP contribution in [0.1, 0.15) is 0 Å². The molecule has 54 heavy (non-hydrogen) atoms. The van der Waals surface area contributed by atoms with Crippen molar-refractivity contribution in [3.8, 4) is 44.5 Å². The van der Waals surface area contributed by atoms with Crippen molar-refractivity contribution in [2.75, 3.05) is 0 Å². The minimum atomic E-state index is -0.480. The van der Waals surface area contributed by atoms with Crippen LogP contribution >= 0.6 is 15.1 Å². The highest BCUT2D eigenvalue weighted by Crippen LogP contribution is 2.54. The lowest BCUT2D eigenvalue weighted by atomic mass is 9.85. The Balaban J connectivity index is 1.25. The first-order valence-corrected chi connectivity index (χ1v) is 22.3. The molecule has 0 fully saturated rings. The molecule has 2 atom stereocenters. The standard InChI is InChI=1S/C52H36P2/c1-53-48-26-8-6-16-38(48)44-24-12-22-42(51(44)53)36-18-10-20-40-46(36)32-47-37(43-23-13-25-45-39-17-7-9-27-49(39)54(2)52(43)45)19-11-21-41(47)50(40)35-30-28-34(29-31-35)33-14-4-3-5-15-33/h3-32H,1-2H3. The number of fused-ring (bicyclic) bond motifs is 8. The van der Waals surface area contributed by atoms with E-state index in [1.807, 2.05) is 0 Å². The first kappa shape index (κ1) is 31.6. The van der Waals surface area contributed by atoms with Gasteiger partial charge in [-0.05, 0) is 107 Å². The molecule has 11 aromatic rings. The summed E-state index contributed by atoms with van der Waals surface area (Å²) in [5.74, 6) is 0. The van der Waals surface area contributed by atoms with Crippen molar-refractivity contribution in [3.05, 3.63) is 182 Å². The molecule has 9 aromatic carbocycles. The zero-order valence-electron chi connectivity index (χ0n) is 30.2. The first-order chi connectivity index (χ1) is 26.7. The van der Waals surface area contributed by atoms with E-state index in [4.69, 9.17) is 0 Å². The molecule has 11 rings (SSSR count). The van der Waals surface area contributed by atoms with Gasteiger partial charge in [0.2, 0.25) is 0 Å². The van der Waals surface area contributed by atoms with Gasteiger partial charge in [0.05, 0.1) is 0 Å². The Bertz CT molecular complexity index is 3090. The highest BCUT2D eigenvalue weighted by atomic mass is 31.1. The van der Waals surface area contributed by atoms with Crippen LogP contribution < -0.4 is 0 Å². The molecule has 254 valence electrons. The quantitative estimate of drug-likeness (QED) is 0.159. The van der Waals surface area contributed by atoms with E-state index in [0.717, 1.165) is 0 Å². The van der Waals surface area contributed by atoms with Crippen molar-refractivity contribution >= 4 is 78.6 Å². The Kier molecular flexibility index (Phi) is 7.22. The van der Waals surface area contributed by atoms with Crippen molar-refractivity contribution in [1.29, 1.82) is 0 Å². The molecule has 0 aliphatic carbocycles. The van der Waals surface area contributed by atoms with Gasteiger partial charge in [0.25, 0.3) is 0 Å². The van der Waals surface area contributed by atoms with Gasteiger partial charge in [-0.25, -0.2) is 0 Å². The summed E-state index contributed by atoms with van der Waals surface area (Å²) in [5.41, 5.74) is 10.4. The maximum Gasteiger partial charge on any atom is 0.00996 e. The molecule has 0 radical (unpaired) electrons. The predicted molar refractivity (Wildman–Crippen MR) is 241 cm³/mol. The molecule has 0 amide bonds. The lowest BCUT2D eigenvalue weighted by molar-refractivity contribution is 1.61. The molecule has 0 N–H and O–H groups in total. The zero-order chi connectivity index (χ0) is 35.9. The fraction of sp³-hybridized carbons (Fsp3) is 0.0385. The van der Waals surface area contributed by atoms with Gasteiger partial charge in [-0.1, -0.05) is 176 Å². The van der Waals surface area contributed by atoms with Crippen molar-refractivity contribution in [2.24, 2.45) is 13.3 Å². The van der Waals surface area contributed by atoms with Gasteiger partial charge in [-0.3, -0.25) is 0 Å². The van der Waals surface area contributed by atoms with E-state index in [0.29, 0.717) is 0 Å². The van der Waals surface area contributed by atoms with Gasteiger partial charge in [0.1, 0.15) is 0 Å². The van der Waals surface area contributed by atoms with E-state index >= 15 is 0 Å². The lowest BCUT2D eigenvalue weighted by Crippen LogP contribution is -1.91. The smallest absolute Gasteiger partial charge is 0.00996 e. The summed E-state index contributed by atoms with van der Waals surface area (Å²) in [6.07, 6.45) is 0. The molecule has 0 bridgehead atoms. The van der Waals surface area contributed by atoms with E-state index in [2.05, 4.69) is 195 Å². The summed E-state index contributed by atoms with van der Waals surface area (Å²) in [6.45, 7) is 4.89. The number of benzene rings is 9. The fourth-order valence-corrected chi connectivity index (χ4v) is 13.8. The van der Waals surface area contributed by atoms with Gasteiger partial charge >= 0.3 is 0 Å². The second kappa shape index (κ2) is 12.3. The van der Waals surface area contributed by atoms with Crippen molar-refractivity contribution < 1.29 is 0 Å². The van der Waals surface area contributed by atoms with E-state index in [1.165, 1.54) is 108 Å². The first-order valence-electron chi connectivity index (χ1n) is 18.7.